The molecule has 2 heterocycles. The molecule has 1 aromatic carbocycles. The summed E-state index contributed by atoms with van der Waals surface area (Å²) >= 11 is 0. The average Bonchev–Trinajstić information content (AvgIpc) is 3.03. The first kappa shape index (κ1) is 17.2. The van der Waals surface area contributed by atoms with Crippen molar-refractivity contribution in [3.05, 3.63) is 42.5 Å². The summed E-state index contributed by atoms with van der Waals surface area (Å²) in [7, 11) is 5.12. The number of benzene rings is 1. The maximum Gasteiger partial charge on any atom is 0.244 e. The van der Waals surface area contributed by atoms with Gasteiger partial charge in [0.25, 0.3) is 0 Å². The largest absolute Gasteiger partial charge is 0.497 e. The molecule has 1 atom stereocenters. The first-order chi connectivity index (χ1) is 12.1. The molecule has 0 saturated carbocycles. The Hall–Kier alpha value is -2.67. The molecule has 1 aliphatic rings. The summed E-state index contributed by atoms with van der Waals surface area (Å²) in [6.07, 6.45) is 4.17. The number of carbonyl (C=O) groups excluding carboxylic acids is 1. The van der Waals surface area contributed by atoms with Gasteiger partial charge in [0.05, 0.1) is 32.5 Å². The van der Waals surface area contributed by atoms with Crippen LogP contribution in [-0.2, 0) is 11.3 Å². The van der Waals surface area contributed by atoms with Gasteiger partial charge in [-0.25, -0.2) is 9.97 Å². The highest BCUT2D eigenvalue weighted by molar-refractivity contribution is 5.99. The smallest absolute Gasteiger partial charge is 0.244 e. The molecular weight excluding hydrogens is 320 g/mol. The Morgan fingerprint density at radius 2 is 1.80 bits per heavy atom. The van der Waals surface area contributed by atoms with E-state index in [1.165, 1.54) is 0 Å². The summed E-state index contributed by atoms with van der Waals surface area (Å²) in [4.78, 5) is 25.1. The fourth-order valence-electron chi connectivity index (χ4n) is 3.02. The van der Waals surface area contributed by atoms with E-state index in [4.69, 9.17) is 9.47 Å². The van der Waals surface area contributed by atoms with Crippen molar-refractivity contribution in [2.45, 2.75) is 19.0 Å². The van der Waals surface area contributed by atoms with Crippen molar-refractivity contribution < 1.29 is 14.3 Å². The second-order valence-corrected chi connectivity index (χ2v) is 5.95. The van der Waals surface area contributed by atoms with Crippen LogP contribution in [0.4, 0.5) is 5.69 Å². The molecule has 7 nitrogen and oxygen atoms in total. The van der Waals surface area contributed by atoms with Gasteiger partial charge in [0.15, 0.2) is 0 Å². The van der Waals surface area contributed by atoms with Crippen molar-refractivity contribution in [1.82, 2.24) is 14.9 Å². The maximum atomic E-state index is 12.9. The van der Waals surface area contributed by atoms with Crippen LogP contribution in [0.5, 0.6) is 11.5 Å². The molecule has 0 unspecified atom stereocenters. The van der Waals surface area contributed by atoms with E-state index in [0.29, 0.717) is 30.4 Å². The molecule has 1 fully saturated rings. The van der Waals surface area contributed by atoms with Crippen molar-refractivity contribution in [2.75, 3.05) is 32.7 Å². The minimum absolute atomic E-state index is 0.0636. The molecule has 1 amide bonds. The number of ether oxygens (including phenoxy) is 2. The minimum atomic E-state index is -0.194. The van der Waals surface area contributed by atoms with Crippen LogP contribution < -0.4 is 14.4 Å². The predicted octanol–water partition coefficient (Wildman–Crippen LogP) is 1.73. The van der Waals surface area contributed by atoms with Gasteiger partial charge in [-0.3, -0.25) is 9.69 Å². The van der Waals surface area contributed by atoms with Crippen molar-refractivity contribution in [2.24, 2.45) is 0 Å². The number of methoxy groups -OCH3 is 2. The molecule has 0 radical (unpaired) electrons. The molecule has 3 rings (SSSR count). The second kappa shape index (κ2) is 7.48. The van der Waals surface area contributed by atoms with Crippen LogP contribution in [0.15, 0.2) is 36.7 Å². The SMILES string of the molecule is COc1cc(OC)cc(N2CC[C@H](N(C)Cc3ncccn3)C2=O)c1. The van der Waals surface area contributed by atoms with Gasteiger partial charge in [-0.1, -0.05) is 0 Å². The number of nitrogens with zero attached hydrogens (tertiary/aromatic N) is 4. The third-order valence-corrected chi connectivity index (χ3v) is 4.37. The van der Waals surface area contributed by atoms with Crippen molar-refractivity contribution in [3.63, 3.8) is 0 Å². The Morgan fingerprint density at radius 3 is 2.40 bits per heavy atom. The monoisotopic (exact) mass is 342 g/mol. The molecule has 7 heteroatoms. The number of amides is 1. The lowest BCUT2D eigenvalue weighted by molar-refractivity contribution is -0.121. The molecule has 1 aliphatic heterocycles. The standard InChI is InChI=1S/C18H22N4O3/c1-21(12-17-19-6-4-7-20-17)16-5-8-22(18(16)23)13-9-14(24-2)11-15(10-13)25-3/h4,6-7,9-11,16H,5,8,12H2,1-3H3/t16-/m0/s1. The van der Waals surface area contributed by atoms with E-state index in [1.807, 2.05) is 24.1 Å². The molecule has 0 N–H and O–H groups in total. The van der Waals surface area contributed by atoms with Crippen LogP contribution in [0.1, 0.15) is 12.2 Å². The molecule has 132 valence electrons. The lowest BCUT2D eigenvalue weighted by Gasteiger charge is -2.23. The summed E-state index contributed by atoms with van der Waals surface area (Å²) < 4.78 is 10.6. The van der Waals surface area contributed by atoms with Crippen LogP contribution in [-0.4, -0.2) is 54.6 Å². The molecule has 0 spiro atoms. The number of carbonyl (C=O) groups is 1. The normalized spacial score (nSPS) is 17.2. The summed E-state index contributed by atoms with van der Waals surface area (Å²) in [6, 6.07) is 7.08. The van der Waals surface area contributed by atoms with Crippen molar-refractivity contribution >= 4 is 11.6 Å². The Bertz CT molecular complexity index is 716. The second-order valence-electron chi connectivity index (χ2n) is 5.95. The third-order valence-electron chi connectivity index (χ3n) is 4.37. The van der Waals surface area contributed by atoms with Crippen LogP contribution in [0.3, 0.4) is 0 Å². The lowest BCUT2D eigenvalue weighted by atomic mass is 10.2. The van der Waals surface area contributed by atoms with Crippen LogP contribution >= 0.6 is 0 Å². The number of likely N-dealkylation sites (N-methyl/N-ethyl adjacent to an activating group) is 1. The Balaban J connectivity index is 1.75. The molecule has 1 aromatic heterocycles. The van der Waals surface area contributed by atoms with E-state index in [0.717, 1.165) is 12.1 Å². The van der Waals surface area contributed by atoms with Gasteiger partial charge >= 0.3 is 0 Å². The first-order valence-corrected chi connectivity index (χ1v) is 8.13. The quantitative estimate of drug-likeness (QED) is 0.796. The van der Waals surface area contributed by atoms with Crippen molar-refractivity contribution in [1.29, 1.82) is 0 Å². The van der Waals surface area contributed by atoms with E-state index in [2.05, 4.69) is 9.97 Å². The topological polar surface area (TPSA) is 67.8 Å². The van der Waals surface area contributed by atoms with Crippen molar-refractivity contribution in [3.8, 4) is 11.5 Å². The van der Waals surface area contributed by atoms with E-state index < -0.39 is 0 Å². The van der Waals surface area contributed by atoms with E-state index in [-0.39, 0.29) is 11.9 Å². The van der Waals surface area contributed by atoms with Gasteiger partial charge in [0.1, 0.15) is 17.3 Å². The highest BCUT2D eigenvalue weighted by Gasteiger charge is 2.35. The fourth-order valence-corrected chi connectivity index (χ4v) is 3.02. The number of hydrogen-bond donors (Lipinski definition) is 0. The zero-order chi connectivity index (χ0) is 17.8. The van der Waals surface area contributed by atoms with Gasteiger partial charge in [0.2, 0.25) is 5.91 Å². The van der Waals surface area contributed by atoms with Gasteiger partial charge < -0.3 is 14.4 Å². The molecular formula is C18H22N4O3. The van der Waals surface area contributed by atoms with Gasteiger partial charge in [-0.05, 0) is 19.5 Å². The van der Waals surface area contributed by atoms with E-state index in [1.54, 1.807) is 43.6 Å². The summed E-state index contributed by atoms with van der Waals surface area (Å²) in [5.41, 5.74) is 0.785. The average molecular weight is 342 g/mol. The zero-order valence-corrected chi connectivity index (χ0v) is 14.7. The summed E-state index contributed by atoms with van der Waals surface area (Å²) in [5.74, 6) is 2.10. The number of hydrogen-bond acceptors (Lipinski definition) is 6. The third kappa shape index (κ3) is 3.71. The maximum absolute atomic E-state index is 12.9. The first-order valence-electron chi connectivity index (χ1n) is 8.13. The minimum Gasteiger partial charge on any atom is -0.497 e. The van der Waals surface area contributed by atoms with Crippen LogP contribution in [0.2, 0.25) is 0 Å². The van der Waals surface area contributed by atoms with Gasteiger partial charge in [0, 0.05) is 37.1 Å². The van der Waals surface area contributed by atoms with Gasteiger partial charge in [-0.2, -0.15) is 0 Å². The van der Waals surface area contributed by atoms with Crippen LogP contribution in [0.25, 0.3) is 0 Å². The van der Waals surface area contributed by atoms with Crippen LogP contribution in [0, 0.1) is 0 Å². The molecule has 1 saturated heterocycles. The molecule has 0 bridgehead atoms. The zero-order valence-electron chi connectivity index (χ0n) is 14.7. The summed E-state index contributed by atoms with van der Waals surface area (Å²) in [6.45, 7) is 1.19. The summed E-state index contributed by atoms with van der Waals surface area (Å²) in [5, 5.41) is 0. The fraction of sp³-hybridized carbons (Fsp3) is 0.389. The van der Waals surface area contributed by atoms with Gasteiger partial charge in [-0.15, -0.1) is 0 Å². The lowest BCUT2D eigenvalue weighted by Crippen LogP contribution is -2.39. The Kier molecular flexibility index (Phi) is 5.14. The predicted molar refractivity (Wildman–Crippen MR) is 93.8 cm³/mol. The number of anilines is 1. The van der Waals surface area contributed by atoms with E-state index in [9.17, 15) is 4.79 Å². The molecule has 2 aromatic rings. The number of aromatic nitrogens is 2. The highest BCUT2D eigenvalue weighted by Crippen LogP contribution is 2.31. The number of rotatable bonds is 6. The molecule has 0 aliphatic carbocycles. The molecule has 25 heavy (non-hydrogen) atoms. The van der Waals surface area contributed by atoms with E-state index >= 15 is 0 Å². The Labute approximate surface area is 147 Å². The highest BCUT2D eigenvalue weighted by atomic mass is 16.5. The Morgan fingerprint density at radius 1 is 1.16 bits per heavy atom.